The van der Waals surface area contributed by atoms with E-state index in [1.54, 1.807) is 0 Å². The zero-order valence-electron chi connectivity index (χ0n) is 47.9. The Labute approximate surface area is 511 Å². The maximum atomic E-state index is 7.03. The van der Waals surface area contributed by atoms with E-state index in [2.05, 4.69) is 240 Å². The molecular formula is C82H46N2O6. The van der Waals surface area contributed by atoms with Gasteiger partial charge in [-0.2, -0.15) is 0 Å². The van der Waals surface area contributed by atoms with E-state index in [0.717, 1.165) is 199 Å². The lowest BCUT2D eigenvalue weighted by atomic mass is 9.96. The van der Waals surface area contributed by atoms with Crippen molar-refractivity contribution in [2.24, 2.45) is 0 Å². The average Bonchev–Trinajstić information content (AvgIpc) is 1.65. The van der Waals surface area contributed by atoms with E-state index in [0.29, 0.717) is 0 Å². The highest BCUT2D eigenvalue weighted by Gasteiger charge is 2.29. The maximum Gasteiger partial charge on any atom is 0.159 e. The molecule has 0 fully saturated rings. The molecule has 0 atom stereocenters. The summed E-state index contributed by atoms with van der Waals surface area (Å²) >= 11 is 0. The van der Waals surface area contributed by atoms with Crippen LogP contribution in [0.25, 0.3) is 165 Å². The highest BCUT2D eigenvalue weighted by Crippen LogP contribution is 2.53. The zero-order chi connectivity index (χ0) is 58.7. The Hall–Kier alpha value is -12.3. The quantitative estimate of drug-likeness (QED) is 0.149. The molecule has 0 unspecified atom stereocenters. The zero-order valence-corrected chi connectivity index (χ0v) is 47.9. The molecule has 0 saturated carbocycles. The predicted molar refractivity (Wildman–Crippen MR) is 368 cm³/mol. The van der Waals surface area contributed by atoms with Crippen molar-refractivity contribution in [3.63, 3.8) is 0 Å². The molecule has 0 spiro atoms. The Morgan fingerprint density at radius 2 is 0.556 bits per heavy atom. The minimum absolute atomic E-state index is 0.760. The number of benzene rings is 14. The van der Waals surface area contributed by atoms with E-state index < -0.39 is 0 Å². The van der Waals surface area contributed by atoms with Gasteiger partial charge >= 0.3 is 0 Å². The summed E-state index contributed by atoms with van der Waals surface area (Å²) in [6.45, 7) is 0. The van der Waals surface area contributed by atoms with E-state index in [-0.39, 0.29) is 0 Å². The van der Waals surface area contributed by atoms with Gasteiger partial charge in [0.15, 0.2) is 11.2 Å². The second kappa shape index (κ2) is 18.6. The number of anilines is 6. The smallest absolute Gasteiger partial charge is 0.159 e. The molecule has 6 heterocycles. The van der Waals surface area contributed by atoms with Crippen LogP contribution in [0.5, 0.6) is 0 Å². The summed E-state index contributed by atoms with van der Waals surface area (Å²) in [6, 6.07) is 97.6. The fourth-order valence-corrected chi connectivity index (χ4v) is 14.5. The van der Waals surface area contributed by atoms with Crippen molar-refractivity contribution in [3.05, 3.63) is 279 Å². The standard InChI is InChI=1S/C82H46N2O6/c1-3-17-47(18-4-1)77-63(37-39-71-79(77)59-23-9-13-31-69(59)85-71)83(65-27-15-25-57-53-21-7-11-29-67(53)89-81(57)65)51-33-35-55-61-41-49-44-74-62(42-50(49)43-73(61)87-75(55)45-51)56-36-34-52(46-76(56)88-74)84(66-28-16-26-58-54-22-8-12-30-68(54)90-82(58)66)64-38-40-72-80(60-24-10-14-32-70(60)86-72)78(64)48-19-5-2-6-20-48/h1-46H. The molecule has 0 saturated heterocycles. The number of fused-ring (bicyclic) bond motifs is 19. The predicted octanol–water partition coefficient (Wildman–Crippen LogP) is 24.5. The third-order valence-electron chi connectivity index (χ3n) is 18.4. The fraction of sp³-hybridized carbons (Fsp3) is 0. The van der Waals surface area contributed by atoms with Crippen LogP contribution >= 0.6 is 0 Å². The first-order valence-corrected chi connectivity index (χ1v) is 30.3. The van der Waals surface area contributed by atoms with Gasteiger partial charge in [-0.05, 0) is 131 Å². The average molecular weight is 1160 g/mol. The third-order valence-corrected chi connectivity index (χ3v) is 18.4. The first-order valence-electron chi connectivity index (χ1n) is 30.3. The van der Waals surface area contributed by atoms with Crippen LogP contribution in [0.15, 0.2) is 306 Å². The molecule has 0 N–H and O–H groups in total. The van der Waals surface area contributed by atoms with Crippen molar-refractivity contribution >= 4 is 177 Å². The van der Waals surface area contributed by atoms with Crippen molar-refractivity contribution in [1.29, 1.82) is 0 Å². The van der Waals surface area contributed by atoms with Crippen LogP contribution in [-0.2, 0) is 0 Å². The molecule has 0 bridgehead atoms. The van der Waals surface area contributed by atoms with Crippen LogP contribution in [0.3, 0.4) is 0 Å². The topological polar surface area (TPSA) is 85.3 Å². The highest BCUT2D eigenvalue weighted by molar-refractivity contribution is 6.22. The van der Waals surface area contributed by atoms with Crippen LogP contribution in [0.4, 0.5) is 34.1 Å². The molecule has 8 heteroatoms. The van der Waals surface area contributed by atoms with Gasteiger partial charge in [0.25, 0.3) is 0 Å². The normalized spacial score (nSPS) is 12.2. The molecule has 0 aliphatic rings. The Bertz CT molecular complexity index is 5990. The van der Waals surface area contributed by atoms with Gasteiger partial charge in [-0.25, -0.2) is 0 Å². The van der Waals surface area contributed by atoms with E-state index in [9.17, 15) is 0 Å². The molecule has 420 valence electrons. The molecule has 8 nitrogen and oxygen atoms in total. The molecule has 20 aromatic rings. The van der Waals surface area contributed by atoms with Crippen LogP contribution in [0, 0.1) is 0 Å². The van der Waals surface area contributed by atoms with Gasteiger partial charge in [0, 0.05) is 87.9 Å². The lowest BCUT2D eigenvalue weighted by Gasteiger charge is -2.28. The second-order valence-electron chi connectivity index (χ2n) is 23.4. The summed E-state index contributed by atoms with van der Waals surface area (Å²) < 4.78 is 40.9. The third kappa shape index (κ3) is 7.12. The molecule has 90 heavy (non-hydrogen) atoms. The molecule has 14 aromatic carbocycles. The number of nitrogens with zero attached hydrogens (tertiary/aromatic N) is 2. The second-order valence-corrected chi connectivity index (χ2v) is 23.4. The van der Waals surface area contributed by atoms with Gasteiger partial charge < -0.3 is 36.3 Å². The lowest BCUT2D eigenvalue weighted by Crippen LogP contribution is -2.11. The lowest BCUT2D eigenvalue weighted by molar-refractivity contribution is 0.667. The number of hydrogen-bond donors (Lipinski definition) is 0. The number of furan rings is 6. The summed E-state index contributed by atoms with van der Waals surface area (Å²) in [4.78, 5) is 4.64. The molecule has 0 amide bonds. The molecule has 6 aromatic heterocycles. The minimum Gasteiger partial charge on any atom is -0.456 e. The Morgan fingerprint density at radius 3 is 1.00 bits per heavy atom. The molecule has 20 rings (SSSR count). The summed E-state index contributed by atoms with van der Waals surface area (Å²) in [7, 11) is 0. The van der Waals surface area contributed by atoms with Gasteiger partial charge in [-0.1, -0.05) is 158 Å². The molecule has 0 aliphatic carbocycles. The molecular weight excluding hydrogens is 1110 g/mol. The van der Waals surface area contributed by atoms with Crippen molar-refractivity contribution in [1.82, 2.24) is 0 Å². The van der Waals surface area contributed by atoms with E-state index in [1.807, 2.05) is 48.5 Å². The van der Waals surface area contributed by atoms with Crippen LogP contribution in [0.2, 0.25) is 0 Å². The highest BCUT2D eigenvalue weighted by atomic mass is 16.3. The molecule has 0 aliphatic heterocycles. The monoisotopic (exact) mass is 1150 g/mol. The van der Waals surface area contributed by atoms with Gasteiger partial charge in [-0.15, -0.1) is 0 Å². The van der Waals surface area contributed by atoms with Crippen molar-refractivity contribution in [2.75, 3.05) is 9.80 Å². The number of para-hydroxylation sites is 6. The Kier molecular flexibility index (Phi) is 10.1. The Balaban J connectivity index is 0.755. The van der Waals surface area contributed by atoms with Gasteiger partial charge in [0.05, 0.1) is 34.1 Å². The summed E-state index contributed by atoms with van der Waals surface area (Å²) in [6.07, 6.45) is 0. The summed E-state index contributed by atoms with van der Waals surface area (Å²) in [5, 5.41) is 14.5. The van der Waals surface area contributed by atoms with Gasteiger partial charge in [0.2, 0.25) is 0 Å². The molecule has 0 radical (unpaired) electrons. The largest absolute Gasteiger partial charge is 0.456 e. The Morgan fingerprint density at radius 1 is 0.200 bits per heavy atom. The fourth-order valence-electron chi connectivity index (χ4n) is 14.5. The summed E-state index contributed by atoms with van der Waals surface area (Å²) in [5.41, 5.74) is 19.4. The van der Waals surface area contributed by atoms with Crippen molar-refractivity contribution in [2.45, 2.75) is 0 Å². The SMILES string of the molecule is c1ccc(-c2c(N(c3ccc4c(c3)oc3cc5cc6c(cc5cc34)oc3cc(N(c4ccc5oc7ccccc7c5c4-c4ccccc4)c4cccc5c4oc4ccccc45)ccc36)c3cccc4c3oc3ccccc34)ccc3oc4ccccc4c23)cc1. The van der Waals surface area contributed by atoms with E-state index in [1.165, 1.54) is 0 Å². The first-order chi connectivity index (χ1) is 44.6. The minimum atomic E-state index is 0.760. The van der Waals surface area contributed by atoms with Gasteiger partial charge in [0.1, 0.15) is 55.8 Å². The maximum absolute atomic E-state index is 7.03. The van der Waals surface area contributed by atoms with Gasteiger partial charge in [-0.3, -0.25) is 0 Å². The van der Waals surface area contributed by atoms with Crippen LogP contribution in [-0.4, -0.2) is 0 Å². The van der Waals surface area contributed by atoms with E-state index in [4.69, 9.17) is 26.5 Å². The number of hydrogen-bond acceptors (Lipinski definition) is 8. The first kappa shape index (κ1) is 48.9. The van der Waals surface area contributed by atoms with Crippen molar-refractivity contribution < 1.29 is 26.5 Å². The number of rotatable bonds is 8. The van der Waals surface area contributed by atoms with Crippen molar-refractivity contribution in [3.8, 4) is 22.3 Å². The van der Waals surface area contributed by atoms with Crippen LogP contribution in [0.1, 0.15) is 0 Å². The van der Waals surface area contributed by atoms with Crippen LogP contribution < -0.4 is 9.80 Å². The summed E-state index contributed by atoms with van der Waals surface area (Å²) in [5.74, 6) is 0. The van der Waals surface area contributed by atoms with E-state index >= 15 is 0 Å².